The maximum atomic E-state index is 15.2. The molecule has 178 valence electrons. The van der Waals surface area contributed by atoms with Crippen molar-refractivity contribution in [2.45, 2.75) is 38.5 Å². The number of halogens is 5. The smallest absolute Gasteiger partial charge is 0.390 e. The van der Waals surface area contributed by atoms with Gasteiger partial charge in [-0.1, -0.05) is 22.8 Å². The van der Waals surface area contributed by atoms with Crippen LogP contribution in [0.4, 0.5) is 17.6 Å². The lowest BCUT2D eigenvalue weighted by molar-refractivity contribution is -0.144. The number of hydrogen-bond donors (Lipinski definition) is 1. The number of aromatic nitrogens is 5. The zero-order valence-electron chi connectivity index (χ0n) is 22.5. The zero-order valence-corrected chi connectivity index (χ0v) is 18.3. The molecule has 4 rings (SSSR count). The fraction of sp³-hybridized carbons (Fsp3) is 0.273. The van der Waals surface area contributed by atoms with E-state index in [2.05, 4.69) is 20.2 Å². The molecular weight excluding hydrogens is 478 g/mol. The van der Waals surface area contributed by atoms with Crippen LogP contribution >= 0.6 is 11.6 Å². The number of hydrogen-bond acceptors (Lipinski definition) is 6. The van der Waals surface area contributed by atoms with Crippen LogP contribution in [-0.4, -0.2) is 35.6 Å². The van der Waals surface area contributed by atoms with E-state index in [1.54, 1.807) is 0 Å². The Morgan fingerprint density at radius 1 is 1.21 bits per heavy atom. The standard InChI is InChI=1S/C22H18ClF4N5O2/c1-21(2,33)7-10-32-19(22(25,26)27)12(11-30-32)18-16(20-28-8-4-9-29-20)17(31-34-18)15-13(23)5-3-6-14(15)24/h3-6,8-9,11,33H,7,10H2,1-2H3/i3D,5D,6D,10D2. The molecule has 0 atom stereocenters. The van der Waals surface area contributed by atoms with Crippen molar-refractivity contribution in [3.8, 4) is 34.0 Å². The molecule has 7 nitrogen and oxygen atoms in total. The topological polar surface area (TPSA) is 89.9 Å². The van der Waals surface area contributed by atoms with Gasteiger partial charge in [-0.25, -0.2) is 14.4 Å². The maximum Gasteiger partial charge on any atom is 0.433 e. The first kappa shape index (κ1) is 18.1. The molecule has 3 heterocycles. The predicted molar refractivity (Wildman–Crippen MR) is 115 cm³/mol. The molecule has 0 saturated heterocycles. The first-order chi connectivity index (χ1) is 18.0. The van der Waals surface area contributed by atoms with Crippen LogP contribution in [0.3, 0.4) is 0 Å². The van der Waals surface area contributed by atoms with E-state index in [1.807, 2.05) is 0 Å². The molecule has 0 aliphatic rings. The van der Waals surface area contributed by atoms with Crippen molar-refractivity contribution in [3.63, 3.8) is 0 Å². The highest BCUT2D eigenvalue weighted by Gasteiger charge is 2.41. The Labute approximate surface area is 203 Å². The van der Waals surface area contributed by atoms with Crippen molar-refractivity contribution in [2.24, 2.45) is 0 Å². The van der Waals surface area contributed by atoms with Crippen LogP contribution in [0.1, 0.15) is 32.8 Å². The van der Waals surface area contributed by atoms with Gasteiger partial charge in [0.1, 0.15) is 11.5 Å². The van der Waals surface area contributed by atoms with Gasteiger partial charge in [0.05, 0.1) is 40.4 Å². The van der Waals surface area contributed by atoms with E-state index in [4.69, 9.17) is 23.0 Å². The van der Waals surface area contributed by atoms with Crippen LogP contribution < -0.4 is 0 Å². The Balaban J connectivity index is 2.07. The molecule has 0 aliphatic heterocycles. The highest BCUT2D eigenvalue weighted by molar-refractivity contribution is 6.33. The molecule has 34 heavy (non-hydrogen) atoms. The molecule has 1 aromatic carbocycles. The largest absolute Gasteiger partial charge is 0.433 e. The van der Waals surface area contributed by atoms with Crippen LogP contribution in [-0.2, 0) is 12.7 Å². The molecule has 1 N–H and O–H groups in total. The Morgan fingerprint density at radius 2 is 1.91 bits per heavy atom. The van der Waals surface area contributed by atoms with Crippen molar-refractivity contribution in [3.05, 3.63) is 59.3 Å². The second-order valence-corrected chi connectivity index (χ2v) is 8.03. The van der Waals surface area contributed by atoms with E-state index in [1.165, 1.54) is 32.3 Å². The predicted octanol–water partition coefficient (Wildman–Crippen LogP) is 5.63. The lowest BCUT2D eigenvalue weighted by Gasteiger charge is -2.18. The van der Waals surface area contributed by atoms with Crippen LogP contribution in [0, 0.1) is 5.82 Å². The monoisotopic (exact) mass is 500 g/mol. The highest BCUT2D eigenvalue weighted by Crippen LogP contribution is 2.45. The average molecular weight is 501 g/mol. The summed E-state index contributed by atoms with van der Waals surface area (Å²) in [5.41, 5.74) is -5.79. The van der Waals surface area contributed by atoms with Gasteiger partial charge < -0.3 is 9.63 Å². The summed E-state index contributed by atoms with van der Waals surface area (Å²) in [5.74, 6) is -2.36. The third-order valence-corrected chi connectivity index (χ3v) is 4.73. The Bertz CT molecular complexity index is 1530. The van der Waals surface area contributed by atoms with Gasteiger partial charge in [0.2, 0.25) is 0 Å². The lowest BCUT2D eigenvalue weighted by Crippen LogP contribution is -2.24. The fourth-order valence-corrected chi connectivity index (χ4v) is 3.25. The molecule has 3 aromatic heterocycles. The Kier molecular flexibility index (Phi) is 4.68. The maximum absolute atomic E-state index is 15.2. The fourth-order valence-electron chi connectivity index (χ4n) is 3.03. The van der Waals surface area contributed by atoms with Crippen molar-refractivity contribution in [2.75, 3.05) is 0 Å². The number of rotatable bonds is 6. The van der Waals surface area contributed by atoms with Crippen LogP contribution in [0.5, 0.6) is 0 Å². The van der Waals surface area contributed by atoms with Crippen molar-refractivity contribution in [1.82, 2.24) is 24.9 Å². The SMILES string of the molecule is [2H]c1c([2H])c(F)c(-c2noc(-c3cnn(C([2H])([2H])CC(C)(C)O)c3C(F)(F)F)c2-c2ncccn2)c(Cl)c1[2H]. The van der Waals surface area contributed by atoms with E-state index >= 15 is 4.39 Å². The summed E-state index contributed by atoms with van der Waals surface area (Å²) in [4.78, 5) is 7.98. The number of nitrogens with zero attached hydrogens (tertiary/aromatic N) is 5. The molecule has 0 aliphatic carbocycles. The normalized spacial score (nSPS) is 14.9. The van der Waals surface area contributed by atoms with Gasteiger partial charge in [-0.15, -0.1) is 0 Å². The quantitative estimate of drug-likeness (QED) is 0.345. The van der Waals surface area contributed by atoms with E-state index < -0.39 is 87.5 Å². The number of aliphatic hydroxyl groups is 1. The summed E-state index contributed by atoms with van der Waals surface area (Å²) in [6.45, 7) is -0.386. The minimum atomic E-state index is -5.21. The molecule has 0 amide bonds. The summed E-state index contributed by atoms with van der Waals surface area (Å²) in [5, 5.41) is 16.7. The summed E-state index contributed by atoms with van der Waals surface area (Å²) in [7, 11) is 0. The van der Waals surface area contributed by atoms with Gasteiger partial charge in [-0.05, 0) is 38.4 Å². The second-order valence-electron chi connectivity index (χ2n) is 7.65. The molecular formula is C22H18ClF4N5O2. The highest BCUT2D eigenvalue weighted by atomic mass is 35.5. The van der Waals surface area contributed by atoms with E-state index in [0.717, 1.165) is 0 Å². The van der Waals surface area contributed by atoms with E-state index in [0.29, 0.717) is 6.20 Å². The number of aryl methyl sites for hydroxylation is 1. The van der Waals surface area contributed by atoms with Gasteiger partial charge >= 0.3 is 6.18 Å². The van der Waals surface area contributed by atoms with Gasteiger partial charge in [0, 0.05) is 18.9 Å². The third kappa shape index (κ3) is 4.66. The van der Waals surface area contributed by atoms with Gasteiger partial charge in [0.15, 0.2) is 17.3 Å². The molecule has 0 spiro atoms. The summed E-state index contributed by atoms with van der Waals surface area (Å²) < 4.78 is 104. The first-order valence-electron chi connectivity index (χ1n) is 12.1. The van der Waals surface area contributed by atoms with Crippen molar-refractivity contribution >= 4 is 11.6 Å². The second kappa shape index (κ2) is 8.80. The van der Waals surface area contributed by atoms with Gasteiger partial charge in [-0.2, -0.15) is 18.3 Å². The van der Waals surface area contributed by atoms with Crippen LogP contribution in [0.15, 0.2) is 47.3 Å². The molecule has 0 bridgehead atoms. The molecule has 12 heteroatoms. The van der Waals surface area contributed by atoms with Crippen LogP contribution in [0.25, 0.3) is 34.0 Å². The third-order valence-electron chi connectivity index (χ3n) is 4.45. The molecule has 0 unspecified atom stereocenters. The van der Waals surface area contributed by atoms with E-state index in [-0.39, 0.29) is 10.5 Å². The van der Waals surface area contributed by atoms with Gasteiger partial charge in [-0.3, -0.25) is 4.68 Å². The zero-order chi connectivity index (χ0) is 29.1. The first-order valence-corrected chi connectivity index (χ1v) is 9.94. The Hall–Kier alpha value is -3.31. The molecule has 0 radical (unpaired) electrons. The number of benzene rings is 1. The van der Waals surface area contributed by atoms with Crippen molar-refractivity contribution < 1.29 is 34.0 Å². The summed E-state index contributed by atoms with van der Waals surface area (Å²) in [6.07, 6.45) is -2.85. The van der Waals surface area contributed by atoms with E-state index in [9.17, 15) is 18.3 Å². The van der Waals surface area contributed by atoms with Crippen LogP contribution in [0.2, 0.25) is 5.02 Å². The molecule has 4 aromatic rings. The minimum Gasteiger partial charge on any atom is -0.390 e. The van der Waals surface area contributed by atoms with Gasteiger partial charge in [0.25, 0.3) is 0 Å². The number of alkyl halides is 3. The minimum absolute atomic E-state index is 0.0599. The lowest BCUT2D eigenvalue weighted by atomic mass is 10.0. The summed E-state index contributed by atoms with van der Waals surface area (Å²) in [6, 6.07) is -1.16. The average Bonchev–Trinajstić information content (AvgIpc) is 3.46. The summed E-state index contributed by atoms with van der Waals surface area (Å²) >= 11 is 6.13. The molecule has 0 saturated carbocycles. The van der Waals surface area contributed by atoms with Crippen molar-refractivity contribution in [1.29, 1.82) is 0 Å². The Morgan fingerprint density at radius 3 is 2.56 bits per heavy atom. The molecule has 0 fully saturated rings.